The van der Waals surface area contributed by atoms with Crippen LogP contribution in [0.1, 0.15) is 23.2 Å². The highest BCUT2D eigenvalue weighted by Crippen LogP contribution is 2.17. The van der Waals surface area contributed by atoms with E-state index in [2.05, 4.69) is 10.1 Å². The lowest BCUT2D eigenvalue weighted by molar-refractivity contribution is 0.167. The van der Waals surface area contributed by atoms with Crippen molar-refractivity contribution in [1.82, 2.24) is 19.3 Å². The van der Waals surface area contributed by atoms with Crippen LogP contribution in [0.2, 0.25) is 0 Å². The van der Waals surface area contributed by atoms with Gasteiger partial charge in [0.15, 0.2) is 0 Å². The molecule has 86 valence electrons. The van der Waals surface area contributed by atoms with Crippen molar-refractivity contribution in [3.8, 4) is 0 Å². The number of aliphatic hydroxyl groups is 1. The molecule has 0 saturated carbocycles. The number of rotatable bonds is 3. The summed E-state index contributed by atoms with van der Waals surface area (Å²) in [5, 5.41) is 14.3. The van der Waals surface area contributed by atoms with E-state index in [1.165, 1.54) is 0 Å². The number of aromatic nitrogens is 4. The Morgan fingerprint density at radius 2 is 2.19 bits per heavy atom. The quantitative estimate of drug-likeness (QED) is 0.830. The smallest absolute Gasteiger partial charge is 0.101 e. The van der Waals surface area contributed by atoms with Crippen molar-refractivity contribution in [1.29, 1.82) is 0 Å². The Balaban J connectivity index is 2.16. The molecule has 2 rings (SSSR count). The van der Waals surface area contributed by atoms with Gasteiger partial charge in [0.25, 0.3) is 0 Å². The summed E-state index contributed by atoms with van der Waals surface area (Å²) in [7, 11) is 3.76. The summed E-state index contributed by atoms with van der Waals surface area (Å²) in [5.74, 6) is 0. The third kappa shape index (κ3) is 1.99. The summed E-state index contributed by atoms with van der Waals surface area (Å²) in [4.78, 5) is 3.99. The maximum Gasteiger partial charge on any atom is 0.101 e. The molecule has 16 heavy (non-hydrogen) atoms. The van der Waals surface area contributed by atoms with Gasteiger partial charge in [0, 0.05) is 26.2 Å². The lowest BCUT2D eigenvalue weighted by Gasteiger charge is -2.10. The first kappa shape index (κ1) is 10.9. The highest BCUT2D eigenvalue weighted by Gasteiger charge is 2.14. The largest absolute Gasteiger partial charge is 0.386 e. The van der Waals surface area contributed by atoms with Crippen molar-refractivity contribution in [3.63, 3.8) is 0 Å². The van der Waals surface area contributed by atoms with Crippen molar-refractivity contribution in [2.24, 2.45) is 14.1 Å². The van der Waals surface area contributed by atoms with Crippen LogP contribution in [0.15, 0.2) is 18.6 Å². The Kier molecular flexibility index (Phi) is 2.78. The van der Waals surface area contributed by atoms with Gasteiger partial charge >= 0.3 is 0 Å². The number of imidazole rings is 1. The number of nitrogens with zero attached hydrogens (tertiary/aromatic N) is 4. The maximum atomic E-state index is 10.1. The molecule has 0 radical (unpaired) electrons. The van der Waals surface area contributed by atoms with E-state index in [4.69, 9.17) is 0 Å². The monoisotopic (exact) mass is 220 g/mol. The lowest BCUT2D eigenvalue weighted by atomic mass is 10.1. The Morgan fingerprint density at radius 3 is 2.69 bits per heavy atom. The van der Waals surface area contributed by atoms with Crippen LogP contribution < -0.4 is 0 Å². The van der Waals surface area contributed by atoms with E-state index < -0.39 is 6.10 Å². The summed E-state index contributed by atoms with van der Waals surface area (Å²) in [6.45, 7) is 1.94. The molecule has 0 saturated heterocycles. The van der Waals surface area contributed by atoms with Crippen molar-refractivity contribution in [2.75, 3.05) is 0 Å². The molecule has 0 aliphatic carbocycles. The van der Waals surface area contributed by atoms with Crippen molar-refractivity contribution < 1.29 is 5.11 Å². The Hall–Kier alpha value is -1.62. The van der Waals surface area contributed by atoms with Gasteiger partial charge < -0.3 is 9.67 Å². The molecular formula is C11H16N4O. The minimum Gasteiger partial charge on any atom is -0.386 e. The maximum absolute atomic E-state index is 10.1. The number of aliphatic hydroxyl groups excluding tert-OH is 1. The first-order valence-electron chi connectivity index (χ1n) is 5.21. The average Bonchev–Trinajstić information content (AvgIpc) is 2.74. The molecule has 5 nitrogen and oxygen atoms in total. The molecule has 5 heteroatoms. The Labute approximate surface area is 94.4 Å². The van der Waals surface area contributed by atoms with Crippen LogP contribution in [0.3, 0.4) is 0 Å². The summed E-state index contributed by atoms with van der Waals surface area (Å²) >= 11 is 0. The van der Waals surface area contributed by atoms with Gasteiger partial charge in [-0.25, -0.2) is 4.98 Å². The number of aryl methyl sites for hydroxylation is 3. The number of hydrogen-bond donors (Lipinski definition) is 1. The van der Waals surface area contributed by atoms with Crippen LogP contribution in [-0.2, 0) is 20.5 Å². The first-order valence-corrected chi connectivity index (χ1v) is 5.21. The third-order valence-electron chi connectivity index (χ3n) is 2.70. The van der Waals surface area contributed by atoms with Crippen molar-refractivity contribution in [2.45, 2.75) is 19.4 Å². The minimum atomic E-state index is -0.540. The van der Waals surface area contributed by atoms with Crippen LogP contribution >= 0.6 is 0 Å². The second kappa shape index (κ2) is 4.09. The zero-order valence-electron chi connectivity index (χ0n) is 9.75. The van der Waals surface area contributed by atoms with Gasteiger partial charge in [-0.2, -0.15) is 5.10 Å². The average molecular weight is 220 g/mol. The molecule has 1 unspecified atom stereocenters. The second-order valence-electron chi connectivity index (χ2n) is 4.05. The molecule has 0 fully saturated rings. The van der Waals surface area contributed by atoms with Crippen LogP contribution in [0.25, 0.3) is 0 Å². The topological polar surface area (TPSA) is 55.9 Å². The van der Waals surface area contributed by atoms with E-state index in [1.54, 1.807) is 17.2 Å². The fourth-order valence-corrected chi connectivity index (χ4v) is 1.85. The van der Waals surface area contributed by atoms with E-state index in [9.17, 15) is 5.11 Å². The van der Waals surface area contributed by atoms with Gasteiger partial charge in [0.05, 0.1) is 23.9 Å². The second-order valence-corrected chi connectivity index (χ2v) is 4.05. The summed E-state index contributed by atoms with van der Waals surface area (Å²) < 4.78 is 3.63. The standard InChI is InChI=1S/C11H16N4O/c1-8-4-9(15(3)13-8)5-11(16)10-6-12-7-14(10)2/h4,6-7,11,16H,5H2,1-3H3. The van der Waals surface area contributed by atoms with E-state index in [0.29, 0.717) is 6.42 Å². The SMILES string of the molecule is Cc1cc(CC(O)c2cncn2C)n(C)n1. The fraction of sp³-hybridized carbons (Fsp3) is 0.455. The van der Waals surface area contributed by atoms with Gasteiger partial charge in [-0.15, -0.1) is 0 Å². The van der Waals surface area contributed by atoms with Crippen molar-refractivity contribution >= 4 is 0 Å². The molecule has 0 amide bonds. The molecule has 2 heterocycles. The highest BCUT2D eigenvalue weighted by molar-refractivity contribution is 5.13. The molecule has 1 atom stereocenters. The van der Waals surface area contributed by atoms with E-state index in [1.807, 2.05) is 31.7 Å². The van der Waals surface area contributed by atoms with Crippen LogP contribution in [-0.4, -0.2) is 24.4 Å². The minimum absolute atomic E-state index is 0.540. The van der Waals surface area contributed by atoms with E-state index in [-0.39, 0.29) is 0 Å². The molecule has 2 aromatic heterocycles. The molecule has 0 aromatic carbocycles. The molecule has 2 aromatic rings. The fourth-order valence-electron chi connectivity index (χ4n) is 1.85. The normalized spacial score (nSPS) is 13.0. The van der Waals surface area contributed by atoms with Crippen LogP contribution in [0.4, 0.5) is 0 Å². The van der Waals surface area contributed by atoms with E-state index in [0.717, 1.165) is 17.1 Å². The molecule has 1 N–H and O–H groups in total. The number of hydrogen-bond acceptors (Lipinski definition) is 3. The van der Waals surface area contributed by atoms with Crippen molar-refractivity contribution in [3.05, 3.63) is 35.7 Å². The molecular weight excluding hydrogens is 204 g/mol. The van der Waals surface area contributed by atoms with Crippen LogP contribution in [0, 0.1) is 6.92 Å². The summed E-state index contributed by atoms with van der Waals surface area (Å²) in [5.41, 5.74) is 2.81. The van der Waals surface area contributed by atoms with Gasteiger partial charge in [-0.05, 0) is 13.0 Å². The molecule has 0 aliphatic heterocycles. The Bertz CT molecular complexity index is 486. The lowest BCUT2D eigenvalue weighted by Crippen LogP contribution is -2.09. The molecule has 0 bridgehead atoms. The van der Waals surface area contributed by atoms with Gasteiger partial charge in [-0.3, -0.25) is 4.68 Å². The van der Waals surface area contributed by atoms with Crippen LogP contribution in [0.5, 0.6) is 0 Å². The van der Waals surface area contributed by atoms with E-state index >= 15 is 0 Å². The molecule has 0 aliphatic rings. The van der Waals surface area contributed by atoms with Gasteiger partial charge in [-0.1, -0.05) is 0 Å². The zero-order valence-corrected chi connectivity index (χ0v) is 9.75. The molecule has 0 spiro atoms. The first-order chi connectivity index (χ1) is 7.58. The zero-order chi connectivity index (χ0) is 11.7. The third-order valence-corrected chi connectivity index (χ3v) is 2.70. The summed E-state index contributed by atoms with van der Waals surface area (Å²) in [6.07, 6.45) is 3.39. The Morgan fingerprint density at radius 1 is 1.44 bits per heavy atom. The summed E-state index contributed by atoms with van der Waals surface area (Å²) in [6, 6.07) is 1.99. The predicted molar refractivity (Wildman–Crippen MR) is 59.8 cm³/mol. The van der Waals surface area contributed by atoms with Gasteiger partial charge in [0.1, 0.15) is 6.10 Å². The van der Waals surface area contributed by atoms with Gasteiger partial charge in [0.2, 0.25) is 0 Å². The predicted octanol–water partition coefficient (Wildman–Crippen LogP) is 0.738. The highest BCUT2D eigenvalue weighted by atomic mass is 16.3.